The van der Waals surface area contributed by atoms with E-state index in [1.165, 1.54) is 4.68 Å². The van der Waals surface area contributed by atoms with E-state index in [0.717, 1.165) is 61.4 Å². The van der Waals surface area contributed by atoms with Crippen LogP contribution in [-0.2, 0) is 5.41 Å². The van der Waals surface area contributed by atoms with Gasteiger partial charge in [-0.3, -0.25) is 0 Å². The van der Waals surface area contributed by atoms with Crippen LogP contribution in [0, 0.1) is 5.82 Å². The molecular formula is C18H21FN6. The third-order valence-electron chi connectivity index (χ3n) is 5.89. The van der Waals surface area contributed by atoms with Gasteiger partial charge in [-0.05, 0) is 49.9 Å². The minimum atomic E-state index is -0.270. The zero-order valence-corrected chi connectivity index (χ0v) is 14.2. The number of hydrogen-bond acceptors (Lipinski definition) is 5. The van der Waals surface area contributed by atoms with Crippen LogP contribution in [-0.4, -0.2) is 34.4 Å². The van der Waals surface area contributed by atoms with Crippen LogP contribution in [0.3, 0.4) is 0 Å². The first kappa shape index (κ1) is 15.0. The molecule has 6 nitrogen and oxygen atoms in total. The molecule has 1 aliphatic carbocycles. The minimum Gasteiger partial charge on any atom is -0.376 e. The van der Waals surface area contributed by atoms with Gasteiger partial charge in [0.2, 0.25) is 0 Å². The van der Waals surface area contributed by atoms with Crippen molar-refractivity contribution in [3.05, 3.63) is 35.4 Å². The van der Waals surface area contributed by atoms with E-state index in [9.17, 15) is 4.39 Å². The normalized spacial score (nSPS) is 23.4. The van der Waals surface area contributed by atoms with Gasteiger partial charge in [-0.25, -0.2) is 14.1 Å². The summed E-state index contributed by atoms with van der Waals surface area (Å²) >= 11 is 0. The smallest absolute Gasteiger partial charge is 0.149 e. The van der Waals surface area contributed by atoms with E-state index in [-0.39, 0.29) is 17.3 Å². The fourth-order valence-corrected chi connectivity index (χ4v) is 4.38. The molecule has 2 aliphatic heterocycles. The lowest BCUT2D eigenvalue weighted by atomic mass is 9.64. The van der Waals surface area contributed by atoms with E-state index in [4.69, 9.17) is 4.99 Å². The Hall–Kier alpha value is -2.28. The first-order chi connectivity index (χ1) is 12.2. The molecular weight excluding hydrogens is 319 g/mol. The number of nitrogens with zero attached hydrogens (tertiary/aromatic N) is 4. The van der Waals surface area contributed by atoms with Crippen LogP contribution >= 0.6 is 0 Å². The van der Waals surface area contributed by atoms with Crippen molar-refractivity contribution < 1.29 is 4.39 Å². The second-order valence-corrected chi connectivity index (χ2v) is 7.20. The average molecular weight is 340 g/mol. The monoisotopic (exact) mass is 340 g/mol. The van der Waals surface area contributed by atoms with E-state index < -0.39 is 0 Å². The van der Waals surface area contributed by atoms with Crippen LogP contribution in [0.1, 0.15) is 49.4 Å². The highest BCUT2D eigenvalue weighted by Gasteiger charge is 2.48. The number of amidine groups is 1. The van der Waals surface area contributed by atoms with E-state index >= 15 is 0 Å². The van der Waals surface area contributed by atoms with Gasteiger partial charge in [-0.15, -0.1) is 5.10 Å². The summed E-state index contributed by atoms with van der Waals surface area (Å²) in [4.78, 5) is 4.72. The third kappa shape index (κ3) is 2.08. The summed E-state index contributed by atoms with van der Waals surface area (Å²) < 4.78 is 16.4. The van der Waals surface area contributed by atoms with Gasteiger partial charge in [0, 0.05) is 7.05 Å². The van der Waals surface area contributed by atoms with Crippen LogP contribution < -0.4 is 10.6 Å². The Bertz CT molecular complexity index is 860. The van der Waals surface area contributed by atoms with Crippen LogP contribution in [0.4, 0.5) is 10.1 Å². The van der Waals surface area contributed by atoms with E-state index in [2.05, 4.69) is 20.9 Å². The third-order valence-corrected chi connectivity index (χ3v) is 5.89. The standard InChI is InChI=1S/C18H21FN6/c1-20-17-18(5-3-6-18)11-8-12(19)16(9-14(11)22-17)25-10-15(23-24-25)13-4-2-7-21-13/h8-10,13,21H,2-7H2,1H3,(H,20,22). The van der Waals surface area contributed by atoms with Gasteiger partial charge < -0.3 is 10.6 Å². The van der Waals surface area contributed by atoms with Crippen molar-refractivity contribution in [1.82, 2.24) is 25.6 Å². The van der Waals surface area contributed by atoms with Crippen molar-refractivity contribution in [2.24, 2.45) is 4.99 Å². The fourth-order valence-electron chi connectivity index (χ4n) is 4.38. The molecule has 0 amide bonds. The molecule has 1 unspecified atom stereocenters. The highest BCUT2D eigenvalue weighted by molar-refractivity contribution is 6.01. The Kier molecular flexibility index (Phi) is 3.22. The van der Waals surface area contributed by atoms with Crippen molar-refractivity contribution >= 4 is 11.5 Å². The number of halogens is 1. The molecule has 1 aromatic heterocycles. The number of hydrogen-bond donors (Lipinski definition) is 2. The Morgan fingerprint density at radius 3 is 2.88 bits per heavy atom. The zero-order chi connectivity index (χ0) is 17.0. The molecule has 7 heteroatoms. The highest BCUT2D eigenvalue weighted by Crippen LogP contribution is 2.52. The maximum Gasteiger partial charge on any atom is 0.149 e. The molecule has 2 aromatic rings. The SMILES string of the molecule is CNC1=Nc2cc(-n3cc(C4CCCN4)nn3)c(F)cc2C12CCC2. The average Bonchev–Trinajstić information content (AvgIpc) is 3.30. The molecule has 1 aromatic carbocycles. The summed E-state index contributed by atoms with van der Waals surface area (Å²) in [5, 5.41) is 15.0. The van der Waals surface area contributed by atoms with Gasteiger partial charge in [0.15, 0.2) is 0 Å². The maximum atomic E-state index is 14.9. The molecule has 1 saturated carbocycles. The molecule has 130 valence electrons. The Labute approximate surface area is 145 Å². The summed E-state index contributed by atoms with van der Waals surface area (Å²) in [5.74, 6) is 0.688. The summed E-state index contributed by atoms with van der Waals surface area (Å²) in [5.41, 5.74) is 3.02. The number of aliphatic imine (C=N–C) groups is 1. The Morgan fingerprint density at radius 2 is 2.20 bits per heavy atom. The summed E-state index contributed by atoms with van der Waals surface area (Å²) in [6, 6.07) is 3.67. The molecule has 1 spiro atoms. The number of likely N-dealkylation sites (N-methyl/N-ethyl adjacent to an activating group) is 1. The number of benzene rings is 1. The topological polar surface area (TPSA) is 67.1 Å². The maximum absolute atomic E-state index is 14.9. The molecule has 2 N–H and O–H groups in total. The summed E-state index contributed by atoms with van der Waals surface area (Å²) in [6.07, 6.45) is 7.21. The second-order valence-electron chi connectivity index (χ2n) is 7.20. The molecule has 5 rings (SSSR count). The number of nitrogens with one attached hydrogen (secondary N) is 2. The highest BCUT2D eigenvalue weighted by atomic mass is 19.1. The first-order valence-corrected chi connectivity index (χ1v) is 8.98. The predicted octanol–water partition coefficient (Wildman–Crippen LogP) is 2.52. The van der Waals surface area contributed by atoms with E-state index in [1.54, 1.807) is 12.1 Å². The van der Waals surface area contributed by atoms with Crippen molar-refractivity contribution in [2.45, 2.75) is 43.6 Å². The summed E-state index contributed by atoms with van der Waals surface area (Å²) in [6.45, 7) is 0.994. The quantitative estimate of drug-likeness (QED) is 0.881. The van der Waals surface area contributed by atoms with Gasteiger partial charge in [0.05, 0.1) is 23.3 Å². The first-order valence-electron chi connectivity index (χ1n) is 8.98. The van der Waals surface area contributed by atoms with Gasteiger partial charge >= 0.3 is 0 Å². The fraction of sp³-hybridized carbons (Fsp3) is 0.500. The Morgan fingerprint density at radius 1 is 1.32 bits per heavy atom. The second kappa shape index (κ2) is 5.36. The van der Waals surface area contributed by atoms with Gasteiger partial charge in [0.25, 0.3) is 0 Å². The predicted molar refractivity (Wildman–Crippen MR) is 93.0 cm³/mol. The number of fused-ring (bicyclic) bond motifs is 2. The molecule has 1 saturated heterocycles. The molecule has 3 aliphatic rings. The van der Waals surface area contributed by atoms with Crippen LogP contribution in [0.5, 0.6) is 0 Å². The van der Waals surface area contributed by atoms with Crippen molar-refractivity contribution in [2.75, 3.05) is 13.6 Å². The van der Waals surface area contributed by atoms with Crippen LogP contribution in [0.25, 0.3) is 5.69 Å². The van der Waals surface area contributed by atoms with Crippen molar-refractivity contribution in [3.8, 4) is 5.69 Å². The van der Waals surface area contributed by atoms with E-state index in [1.807, 2.05) is 13.2 Å². The molecule has 2 fully saturated rings. The van der Waals surface area contributed by atoms with Gasteiger partial charge in [-0.2, -0.15) is 0 Å². The molecule has 25 heavy (non-hydrogen) atoms. The van der Waals surface area contributed by atoms with Crippen LogP contribution in [0.2, 0.25) is 0 Å². The lowest BCUT2D eigenvalue weighted by Crippen LogP contribution is -2.45. The summed E-state index contributed by atoms with van der Waals surface area (Å²) in [7, 11) is 1.89. The number of aromatic nitrogens is 3. The van der Waals surface area contributed by atoms with Crippen molar-refractivity contribution in [3.63, 3.8) is 0 Å². The zero-order valence-electron chi connectivity index (χ0n) is 14.2. The van der Waals surface area contributed by atoms with E-state index in [0.29, 0.717) is 5.69 Å². The minimum absolute atomic E-state index is 0.106. The molecule has 3 heterocycles. The number of rotatable bonds is 2. The molecule has 0 bridgehead atoms. The van der Waals surface area contributed by atoms with Crippen LogP contribution in [0.15, 0.2) is 23.3 Å². The molecule has 1 atom stereocenters. The lowest BCUT2D eigenvalue weighted by molar-refractivity contribution is 0.339. The molecule has 0 radical (unpaired) electrons. The van der Waals surface area contributed by atoms with Gasteiger partial charge in [0.1, 0.15) is 23.0 Å². The largest absolute Gasteiger partial charge is 0.376 e. The Balaban J connectivity index is 1.55. The lowest BCUT2D eigenvalue weighted by Gasteiger charge is -2.40. The van der Waals surface area contributed by atoms with Gasteiger partial charge in [-0.1, -0.05) is 11.6 Å². The van der Waals surface area contributed by atoms with Crippen molar-refractivity contribution in [1.29, 1.82) is 0 Å².